The van der Waals surface area contributed by atoms with Gasteiger partial charge in [-0.25, -0.2) is 4.99 Å². The topological polar surface area (TPSA) is 80.0 Å². The molecule has 6 heteroatoms. The number of piperidine rings is 1. The number of nitrogens with zero attached hydrogens (tertiary/aromatic N) is 3. The fourth-order valence-corrected chi connectivity index (χ4v) is 2.31. The number of hydrogen-bond acceptors (Lipinski definition) is 1. The van der Waals surface area contributed by atoms with Crippen molar-refractivity contribution in [3.05, 3.63) is 29.8 Å². The second-order valence-corrected chi connectivity index (χ2v) is 5.01. The monoisotopic (exact) mass is 309 g/mol. The quantitative estimate of drug-likeness (QED) is 0.650. The summed E-state index contributed by atoms with van der Waals surface area (Å²) in [4.78, 5) is 10.6. The Morgan fingerprint density at radius 2 is 1.90 bits per heavy atom. The summed E-state index contributed by atoms with van der Waals surface area (Å²) in [7, 11) is 0. The van der Waals surface area contributed by atoms with Crippen LogP contribution in [0.4, 0.5) is 5.69 Å². The van der Waals surface area contributed by atoms with Crippen LogP contribution in [0.15, 0.2) is 34.3 Å². The molecule has 1 aliphatic heterocycles. The average Bonchev–Trinajstić information content (AvgIpc) is 2.48. The Labute approximate surface area is 132 Å². The fraction of sp³-hybridized carbons (Fsp3) is 0.467. The normalized spacial score (nSPS) is 16.5. The molecule has 0 aliphatic carbocycles. The first-order chi connectivity index (χ1) is 9.69. The number of benzene rings is 1. The third kappa shape index (κ3) is 5.27. The zero-order chi connectivity index (χ0) is 14.4. The molecule has 0 radical (unpaired) electrons. The highest BCUT2D eigenvalue weighted by atomic mass is 35.5. The molecule has 4 N–H and O–H groups in total. The van der Waals surface area contributed by atoms with Gasteiger partial charge in [0.25, 0.3) is 0 Å². The Balaban J connectivity index is 0.00000220. The molecule has 0 bridgehead atoms. The van der Waals surface area contributed by atoms with Crippen LogP contribution in [0.3, 0.4) is 0 Å². The lowest BCUT2D eigenvalue weighted by Gasteiger charge is -2.27. The number of nitrogens with two attached hydrogens (primary N) is 2. The van der Waals surface area contributed by atoms with Gasteiger partial charge >= 0.3 is 0 Å². The summed E-state index contributed by atoms with van der Waals surface area (Å²) in [5.41, 5.74) is 13.9. The van der Waals surface area contributed by atoms with E-state index in [1.165, 1.54) is 12.0 Å². The largest absolute Gasteiger partial charge is 0.369 e. The van der Waals surface area contributed by atoms with E-state index in [0.29, 0.717) is 5.96 Å². The zero-order valence-electron chi connectivity index (χ0n) is 12.5. The van der Waals surface area contributed by atoms with E-state index >= 15 is 0 Å². The summed E-state index contributed by atoms with van der Waals surface area (Å²) in [5, 5.41) is 0. The molecule has 0 amide bonds. The van der Waals surface area contributed by atoms with Gasteiger partial charge in [0.2, 0.25) is 5.96 Å². The molecule has 1 heterocycles. The van der Waals surface area contributed by atoms with Gasteiger partial charge in [-0.2, -0.15) is 4.99 Å². The van der Waals surface area contributed by atoms with E-state index in [1.807, 2.05) is 18.2 Å². The fourth-order valence-electron chi connectivity index (χ4n) is 2.31. The van der Waals surface area contributed by atoms with Crippen LogP contribution in [-0.2, 0) is 6.42 Å². The molecule has 0 saturated carbocycles. The van der Waals surface area contributed by atoms with Crippen LogP contribution < -0.4 is 11.5 Å². The number of aryl methyl sites for hydroxylation is 1. The molecular formula is C15H24ClN5. The van der Waals surface area contributed by atoms with Gasteiger partial charge in [0.1, 0.15) is 0 Å². The summed E-state index contributed by atoms with van der Waals surface area (Å²) >= 11 is 0. The maximum Gasteiger partial charge on any atom is 0.223 e. The lowest BCUT2D eigenvalue weighted by molar-refractivity contribution is 0.339. The van der Waals surface area contributed by atoms with E-state index in [4.69, 9.17) is 11.5 Å². The summed E-state index contributed by atoms with van der Waals surface area (Å²) < 4.78 is 0. The van der Waals surface area contributed by atoms with Gasteiger partial charge in [-0.15, -0.1) is 12.4 Å². The maximum atomic E-state index is 5.97. The summed E-state index contributed by atoms with van der Waals surface area (Å²) in [5.74, 6) is 0.680. The number of aliphatic imine (C=N–C) groups is 2. The molecule has 1 saturated heterocycles. The second-order valence-electron chi connectivity index (χ2n) is 5.01. The molecule has 0 atom stereocenters. The molecule has 21 heavy (non-hydrogen) atoms. The Kier molecular flexibility index (Phi) is 7.02. The lowest BCUT2D eigenvalue weighted by Crippen LogP contribution is -2.41. The number of rotatable bonds is 2. The first-order valence-electron chi connectivity index (χ1n) is 7.21. The lowest BCUT2D eigenvalue weighted by atomic mass is 10.1. The van der Waals surface area contributed by atoms with Gasteiger partial charge in [0.05, 0.1) is 5.69 Å². The van der Waals surface area contributed by atoms with Gasteiger partial charge < -0.3 is 16.4 Å². The van der Waals surface area contributed by atoms with Crippen molar-refractivity contribution in [2.75, 3.05) is 13.1 Å². The van der Waals surface area contributed by atoms with Gasteiger partial charge in [0.15, 0.2) is 5.96 Å². The van der Waals surface area contributed by atoms with Crippen molar-refractivity contribution in [3.8, 4) is 0 Å². The highest BCUT2D eigenvalue weighted by Crippen LogP contribution is 2.14. The van der Waals surface area contributed by atoms with E-state index in [2.05, 4.69) is 27.9 Å². The minimum Gasteiger partial charge on any atom is -0.369 e. The van der Waals surface area contributed by atoms with E-state index in [-0.39, 0.29) is 18.4 Å². The van der Waals surface area contributed by atoms with Gasteiger partial charge in [-0.05, 0) is 43.4 Å². The number of likely N-dealkylation sites (tertiary alicyclic amines) is 1. The molecular weight excluding hydrogens is 286 g/mol. The number of guanidine groups is 2. The van der Waals surface area contributed by atoms with Crippen molar-refractivity contribution in [3.63, 3.8) is 0 Å². The Hall–Kier alpha value is -1.75. The first kappa shape index (κ1) is 17.3. The molecule has 2 rings (SSSR count). The molecule has 5 nitrogen and oxygen atoms in total. The van der Waals surface area contributed by atoms with Crippen LogP contribution >= 0.6 is 12.4 Å². The first-order valence-corrected chi connectivity index (χ1v) is 7.21. The molecule has 1 aliphatic rings. The average molecular weight is 310 g/mol. The van der Waals surface area contributed by atoms with E-state index < -0.39 is 0 Å². The molecule has 1 aromatic rings. The molecule has 1 aromatic carbocycles. The molecule has 0 spiro atoms. The zero-order valence-corrected chi connectivity index (χ0v) is 13.3. The van der Waals surface area contributed by atoms with Gasteiger partial charge in [0, 0.05) is 13.1 Å². The minimum atomic E-state index is 0. The van der Waals surface area contributed by atoms with Crippen LogP contribution in [0.2, 0.25) is 0 Å². The summed E-state index contributed by atoms with van der Waals surface area (Å²) in [6.07, 6.45) is 4.55. The number of hydrogen-bond donors (Lipinski definition) is 2. The third-order valence-corrected chi connectivity index (χ3v) is 3.47. The van der Waals surface area contributed by atoms with Crippen molar-refractivity contribution in [2.24, 2.45) is 21.5 Å². The van der Waals surface area contributed by atoms with Gasteiger partial charge in [-0.3, -0.25) is 0 Å². The van der Waals surface area contributed by atoms with Crippen molar-refractivity contribution in [1.82, 2.24) is 4.90 Å². The predicted molar refractivity (Wildman–Crippen MR) is 91.4 cm³/mol. The molecule has 116 valence electrons. The van der Waals surface area contributed by atoms with Crippen molar-refractivity contribution < 1.29 is 0 Å². The van der Waals surface area contributed by atoms with E-state index in [1.54, 1.807) is 0 Å². The summed E-state index contributed by atoms with van der Waals surface area (Å²) in [6, 6.07) is 7.97. The smallest absolute Gasteiger partial charge is 0.223 e. The van der Waals surface area contributed by atoms with Crippen molar-refractivity contribution in [2.45, 2.75) is 32.6 Å². The highest BCUT2D eigenvalue weighted by Gasteiger charge is 2.12. The highest BCUT2D eigenvalue weighted by molar-refractivity contribution is 5.94. The second kappa shape index (κ2) is 8.52. The van der Waals surface area contributed by atoms with E-state index in [0.717, 1.165) is 38.0 Å². The number of halogens is 1. The Bertz CT molecular complexity index is 507. The third-order valence-electron chi connectivity index (χ3n) is 3.47. The van der Waals surface area contributed by atoms with Crippen molar-refractivity contribution in [1.29, 1.82) is 0 Å². The molecule has 0 unspecified atom stereocenters. The molecule has 1 fully saturated rings. The summed E-state index contributed by atoms with van der Waals surface area (Å²) in [6.45, 7) is 4.01. The SMILES string of the molecule is CCc1cccc(N=C(N)N=C(N)N2CCCCC2)c1.Cl. The maximum absolute atomic E-state index is 5.97. The van der Waals surface area contributed by atoms with Gasteiger partial charge in [-0.1, -0.05) is 19.1 Å². The Morgan fingerprint density at radius 1 is 1.19 bits per heavy atom. The van der Waals surface area contributed by atoms with Crippen molar-refractivity contribution >= 4 is 30.0 Å². The van der Waals surface area contributed by atoms with Crippen LogP contribution in [0, 0.1) is 0 Å². The van der Waals surface area contributed by atoms with E-state index in [9.17, 15) is 0 Å². The minimum absolute atomic E-state index is 0. The van der Waals surface area contributed by atoms with Crippen LogP contribution in [0.1, 0.15) is 31.7 Å². The van der Waals surface area contributed by atoms with Crippen LogP contribution in [-0.4, -0.2) is 29.9 Å². The van der Waals surface area contributed by atoms with Crippen LogP contribution in [0.25, 0.3) is 0 Å². The molecule has 0 aromatic heterocycles. The van der Waals surface area contributed by atoms with Crippen LogP contribution in [0.5, 0.6) is 0 Å². The predicted octanol–water partition coefficient (Wildman–Crippen LogP) is 2.42. The Morgan fingerprint density at radius 3 is 2.57 bits per heavy atom. The standard InChI is InChI=1S/C15H23N5.ClH/c1-2-12-7-6-8-13(11-12)18-14(16)19-15(17)20-9-4-3-5-10-20;/h6-8,11H,2-5,9-10H2,1H3,(H4,16,17,18,19);1H.